The van der Waals surface area contributed by atoms with Crippen molar-refractivity contribution in [1.82, 2.24) is 15.0 Å². The predicted molar refractivity (Wildman–Crippen MR) is 120 cm³/mol. The van der Waals surface area contributed by atoms with E-state index in [1.165, 1.54) is 35.5 Å². The van der Waals surface area contributed by atoms with Gasteiger partial charge >= 0.3 is 6.18 Å². The first-order valence-corrected chi connectivity index (χ1v) is 11.8. The maximum atomic E-state index is 13.9. The second-order valence-corrected chi connectivity index (χ2v) is 9.46. The highest BCUT2D eigenvalue weighted by molar-refractivity contribution is 8.01. The molecule has 32 heavy (non-hydrogen) atoms. The summed E-state index contributed by atoms with van der Waals surface area (Å²) >= 11 is 2.59. The highest BCUT2D eigenvalue weighted by Crippen LogP contribution is 2.46. The Kier molecular flexibility index (Phi) is 7.03. The van der Waals surface area contributed by atoms with Gasteiger partial charge in [-0.15, -0.1) is 23.1 Å². The first kappa shape index (κ1) is 23.0. The van der Waals surface area contributed by atoms with Crippen LogP contribution in [0.5, 0.6) is 0 Å². The molecule has 0 atom stereocenters. The van der Waals surface area contributed by atoms with Gasteiger partial charge in [-0.1, -0.05) is 0 Å². The number of thioether (sulfide) groups is 1. The third-order valence-electron chi connectivity index (χ3n) is 4.92. The summed E-state index contributed by atoms with van der Waals surface area (Å²) in [5, 5.41) is -0.0497. The molecule has 7 nitrogen and oxygen atoms in total. The standard InChI is InChI=1S/C20H22F3N5O2S2/c1-29-5-2-8-31-18-16(24)15-13(20(21,22)23)9-14(27-17(15)32-18)12-10-25-19(26-11-12)28-3-6-30-7-4-28/h9-11H,2-8,24H2,1H3. The van der Waals surface area contributed by atoms with Crippen molar-refractivity contribution in [1.29, 1.82) is 0 Å². The SMILES string of the molecule is COCCCSc1sc2nc(-c3cnc(N4CCOCC4)nc3)cc(C(F)(F)F)c2c1N. The van der Waals surface area contributed by atoms with Crippen molar-refractivity contribution in [3.05, 3.63) is 24.0 Å². The number of alkyl halides is 3. The fraction of sp³-hybridized carbons (Fsp3) is 0.450. The third-order valence-corrected chi connectivity index (χ3v) is 7.40. The second-order valence-electron chi connectivity index (χ2n) is 7.10. The van der Waals surface area contributed by atoms with E-state index in [2.05, 4.69) is 15.0 Å². The molecule has 172 valence electrons. The van der Waals surface area contributed by atoms with Crippen LogP contribution in [0.15, 0.2) is 22.7 Å². The van der Waals surface area contributed by atoms with Gasteiger partial charge in [0.1, 0.15) is 4.83 Å². The van der Waals surface area contributed by atoms with Crippen LogP contribution in [0.2, 0.25) is 0 Å². The normalized spacial score (nSPS) is 14.9. The van der Waals surface area contributed by atoms with Crippen LogP contribution in [0.1, 0.15) is 12.0 Å². The third kappa shape index (κ3) is 4.92. The minimum atomic E-state index is -4.57. The summed E-state index contributed by atoms with van der Waals surface area (Å²) in [5.41, 5.74) is 6.02. The van der Waals surface area contributed by atoms with E-state index < -0.39 is 11.7 Å². The molecule has 0 bridgehead atoms. The Labute approximate surface area is 191 Å². The molecule has 1 aliphatic heterocycles. The van der Waals surface area contributed by atoms with Crippen molar-refractivity contribution in [2.75, 3.05) is 56.4 Å². The number of fused-ring (bicyclic) bond motifs is 1. The fourth-order valence-electron chi connectivity index (χ4n) is 3.33. The Hall–Kier alpha value is -2.15. The quantitative estimate of drug-likeness (QED) is 0.391. The molecule has 1 saturated heterocycles. The Balaban J connectivity index is 1.69. The molecule has 3 aromatic rings. The average Bonchev–Trinajstić information content (AvgIpc) is 3.11. The summed E-state index contributed by atoms with van der Waals surface area (Å²) in [5.74, 6) is 1.21. The summed E-state index contributed by atoms with van der Waals surface area (Å²) in [6, 6.07) is 1.03. The van der Waals surface area contributed by atoms with Crippen LogP contribution in [0.25, 0.3) is 21.5 Å². The summed E-state index contributed by atoms with van der Waals surface area (Å²) in [6.07, 6.45) is -0.794. The topological polar surface area (TPSA) is 86.4 Å². The fourth-order valence-corrected chi connectivity index (χ4v) is 5.61. The number of halogens is 3. The zero-order valence-electron chi connectivity index (χ0n) is 17.3. The molecule has 0 unspecified atom stereocenters. The zero-order chi connectivity index (χ0) is 22.7. The first-order chi connectivity index (χ1) is 15.4. The minimum absolute atomic E-state index is 0.0497. The van der Waals surface area contributed by atoms with E-state index >= 15 is 0 Å². The van der Waals surface area contributed by atoms with Gasteiger partial charge < -0.3 is 20.1 Å². The summed E-state index contributed by atoms with van der Waals surface area (Å²) in [4.78, 5) is 15.4. The van der Waals surface area contributed by atoms with Gasteiger partial charge in [0.05, 0.1) is 34.4 Å². The van der Waals surface area contributed by atoms with Gasteiger partial charge in [0.25, 0.3) is 0 Å². The number of nitrogen functional groups attached to an aromatic ring is 1. The summed E-state index contributed by atoms with van der Waals surface area (Å²) in [6.45, 7) is 3.09. The number of hydrogen-bond donors (Lipinski definition) is 1. The Morgan fingerprint density at radius 2 is 1.97 bits per heavy atom. The van der Waals surface area contributed by atoms with E-state index in [-0.39, 0.29) is 21.6 Å². The molecule has 0 spiro atoms. The van der Waals surface area contributed by atoms with Crippen molar-refractivity contribution < 1.29 is 22.6 Å². The van der Waals surface area contributed by atoms with E-state index in [4.69, 9.17) is 15.2 Å². The number of pyridine rings is 1. The maximum absolute atomic E-state index is 13.9. The molecular weight excluding hydrogens is 463 g/mol. The average molecular weight is 486 g/mol. The van der Waals surface area contributed by atoms with Gasteiger partial charge in [0.2, 0.25) is 5.95 Å². The highest BCUT2D eigenvalue weighted by Gasteiger charge is 2.36. The molecule has 0 aromatic carbocycles. The Morgan fingerprint density at radius 1 is 1.25 bits per heavy atom. The smallest absolute Gasteiger partial charge is 0.397 e. The zero-order valence-corrected chi connectivity index (χ0v) is 18.9. The molecule has 0 aliphatic carbocycles. The number of morpholine rings is 1. The van der Waals surface area contributed by atoms with Crippen molar-refractivity contribution in [3.8, 4) is 11.3 Å². The summed E-state index contributed by atoms with van der Waals surface area (Å²) < 4.78 is 52.7. The van der Waals surface area contributed by atoms with Crippen molar-refractivity contribution >= 4 is 45.0 Å². The number of rotatable bonds is 7. The molecule has 3 aromatic heterocycles. The molecular formula is C20H22F3N5O2S2. The molecule has 4 heterocycles. The first-order valence-electron chi connectivity index (χ1n) is 9.95. The Bertz CT molecular complexity index is 1070. The molecule has 2 N–H and O–H groups in total. The van der Waals surface area contributed by atoms with Crippen molar-refractivity contribution in [2.24, 2.45) is 0 Å². The van der Waals surface area contributed by atoms with Crippen molar-refractivity contribution in [3.63, 3.8) is 0 Å². The van der Waals surface area contributed by atoms with Crippen LogP contribution < -0.4 is 10.6 Å². The molecule has 0 saturated carbocycles. The van der Waals surface area contributed by atoms with E-state index in [0.29, 0.717) is 54.4 Å². The van der Waals surface area contributed by atoms with E-state index in [0.717, 1.165) is 12.5 Å². The van der Waals surface area contributed by atoms with Crippen LogP contribution in [-0.2, 0) is 15.7 Å². The number of methoxy groups -OCH3 is 1. The number of thiophene rings is 1. The lowest BCUT2D eigenvalue weighted by molar-refractivity contribution is -0.136. The molecule has 1 fully saturated rings. The Morgan fingerprint density at radius 3 is 2.62 bits per heavy atom. The lowest BCUT2D eigenvalue weighted by Gasteiger charge is -2.26. The number of hydrogen-bond acceptors (Lipinski definition) is 9. The predicted octanol–water partition coefficient (Wildman–Crippen LogP) is 4.32. The minimum Gasteiger partial charge on any atom is -0.397 e. The van der Waals surface area contributed by atoms with Crippen LogP contribution in [-0.4, -0.2) is 60.7 Å². The number of nitrogens with zero attached hydrogens (tertiary/aromatic N) is 4. The van der Waals surface area contributed by atoms with Gasteiger partial charge in [-0.25, -0.2) is 15.0 Å². The van der Waals surface area contributed by atoms with Crippen LogP contribution in [0.4, 0.5) is 24.8 Å². The van der Waals surface area contributed by atoms with Gasteiger partial charge in [0, 0.05) is 55.9 Å². The highest BCUT2D eigenvalue weighted by atomic mass is 32.2. The van der Waals surface area contributed by atoms with Crippen LogP contribution >= 0.6 is 23.1 Å². The molecule has 12 heteroatoms. The van der Waals surface area contributed by atoms with Crippen LogP contribution in [0.3, 0.4) is 0 Å². The van der Waals surface area contributed by atoms with Gasteiger partial charge in [-0.05, 0) is 12.5 Å². The van der Waals surface area contributed by atoms with Crippen molar-refractivity contribution in [2.45, 2.75) is 16.8 Å². The van der Waals surface area contributed by atoms with E-state index in [1.807, 2.05) is 4.90 Å². The monoisotopic (exact) mass is 485 g/mol. The van der Waals surface area contributed by atoms with Gasteiger partial charge in [-0.3, -0.25) is 0 Å². The largest absolute Gasteiger partial charge is 0.417 e. The molecule has 4 rings (SSSR count). The van der Waals surface area contributed by atoms with Gasteiger partial charge in [0.15, 0.2) is 0 Å². The number of nitrogens with two attached hydrogens (primary N) is 1. The van der Waals surface area contributed by atoms with E-state index in [9.17, 15) is 13.2 Å². The molecule has 1 aliphatic rings. The lowest BCUT2D eigenvalue weighted by atomic mass is 10.1. The molecule has 0 amide bonds. The number of anilines is 2. The van der Waals surface area contributed by atoms with Gasteiger partial charge in [-0.2, -0.15) is 13.2 Å². The maximum Gasteiger partial charge on any atom is 0.417 e. The lowest BCUT2D eigenvalue weighted by Crippen LogP contribution is -2.37. The van der Waals surface area contributed by atoms with Crippen LogP contribution in [0, 0.1) is 0 Å². The number of aromatic nitrogens is 3. The second kappa shape index (κ2) is 9.77. The number of ether oxygens (including phenoxy) is 2. The van der Waals surface area contributed by atoms with E-state index in [1.54, 1.807) is 7.11 Å². The molecule has 0 radical (unpaired) electrons. The summed E-state index contributed by atoms with van der Waals surface area (Å²) in [7, 11) is 1.61.